The van der Waals surface area contributed by atoms with E-state index in [0.29, 0.717) is 16.8 Å². The van der Waals surface area contributed by atoms with Crippen molar-refractivity contribution in [2.24, 2.45) is 5.92 Å². The van der Waals surface area contributed by atoms with Crippen molar-refractivity contribution in [2.45, 2.75) is 27.3 Å². The van der Waals surface area contributed by atoms with Gasteiger partial charge in [0.25, 0.3) is 5.56 Å². The molecular formula is C18H20N2O3S. The fourth-order valence-corrected chi connectivity index (χ4v) is 3.99. The van der Waals surface area contributed by atoms with Gasteiger partial charge in [-0.2, -0.15) is 0 Å². The molecule has 1 aromatic carbocycles. The van der Waals surface area contributed by atoms with Gasteiger partial charge in [0.15, 0.2) is 0 Å². The van der Waals surface area contributed by atoms with Crippen LogP contribution < -0.4 is 16.0 Å². The maximum Gasteiger partial charge on any atom is 0.329 e. The molecule has 126 valence electrons. The van der Waals surface area contributed by atoms with E-state index in [4.69, 9.17) is 4.74 Å². The number of H-pyrrole nitrogens is 1. The number of nitrogens with one attached hydrogen (secondary N) is 1. The zero-order valence-electron chi connectivity index (χ0n) is 14.2. The molecule has 3 rings (SSSR count). The van der Waals surface area contributed by atoms with E-state index < -0.39 is 0 Å². The Bertz CT molecular complexity index is 994. The maximum atomic E-state index is 12.8. The minimum absolute atomic E-state index is 0.212. The van der Waals surface area contributed by atoms with Gasteiger partial charge in [-0.3, -0.25) is 14.3 Å². The van der Waals surface area contributed by atoms with Crippen LogP contribution in [-0.2, 0) is 6.54 Å². The summed E-state index contributed by atoms with van der Waals surface area (Å²) >= 11 is 1.44. The van der Waals surface area contributed by atoms with Crippen LogP contribution in [-0.4, -0.2) is 16.7 Å². The minimum Gasteiger partial charge on any atom is -0.497 e. The molecule has 24 heavy (non-hydrogen) atoms. The molecule has 0 radical (unpaired) electrons. The summed E-state index contributed by atoms with van der Waals surface area (Å²) in [6, 6.07) is 7.69. The number of ether oxygens (including phenoxy) is 1. The number of methoxy groups -OCH3 is 1. The van der Waals surface area contributed by atoms with Crippen molar-refractivity contribution in [3.8, 4) is 16.2 Å². The second-order valence-corrected chi connectivity index (χ2v) is 7.25. The lowest BCUT2D eigenvalue weighted by Crippen LogP contribution is -2.36. The highest BCUT2D eigenvalue weighted by Gasteiger charge is 2.17. The Hall–Kier alpha value is -2.34. The molecule has 5 nitrogen and oxygen atoms in total. The third-order valence-electron chi connectivity index (χ3n) is 3.97. The Kier molecular flexibility index (Phi) is 4.32. The molecule has 3 aromatic rings. The monoisotopic (exact) mass is 344 g/mol. The Labute approximate surface area is 143 Å². The van der Waals surface area contributed by atoms with Crippen molar-refractivity contribution >= 4 is 21.6 Å². The fourth-order valence-electron chi connectivity index (χ4n) is 2.80. The molecule has 0 unspecified atom stereocenters. The second-order valence-electron chi connectivity index (χ2n) is 6.23. The summed E-state index contributed by atoms with van der Waals surface area (Å²) in [5.41, 5.74) is 1.35. The molecule has 0 atom stereocenters. The van der Waals surface area contributed by atoms with Gasteiger partial charge in [-0.25, -0.2) is 4.79 Å². The molecule has 0 saturated heterocycles. The van der Waals surface area contributed by atoms with Crippen LogP contribution in [0, 0.1) is 12.8 Å². The highest BCUT2D eigenvalue weighted by molar-refractivity contribution is 7.22. The van der Waals surface area contributed by atoms with E-state index in [-0.39, 0.29) is 17.2 Å². The first kappa shape index (κ1) is 16.5. The van der Waals surface area contributed by atoms with Crippen molar-refractivity contribution in [1.29, 1.82) is 0 Å². The standard InChI is InChI=1S/C18H20N2O3S/c1-10(2)9-20-17(21)14-11(3)15(24-16(14)19-18(20)22)12-5-7-13(23-4)8-6-12/h5-8,10H,9H2,1-4H3,(H,19,22). The van der Waals surface area contributed by atoms with Gasteiger partial charge in [0.2, 0.25) is 0 Å². The van der Waals surface area contributed by atoms with Crippen LogP contribution in [0.4, 0.5) is 0 Å². The molecule has 2 heterocycles. The summed E-state index contributed by atoms with van der Waals surface area (Å²) < 4.78 is 6.48. The van der Waals surface area contributed by atoms with Gasteiger partial charge in [-0.15, -0.1) is 11.3 Å². The number of fused-ring (bicyclic) bond motifs is 1. The average Bonchev–Trinajstić information content (AvgIpc) is 2.88. The number of nitrogens with zero attached hydrogens (tertiary/aromatic N) is 1. The number of aryl methyl sites for hydroxylation is 1. The number of aromatic nitrogens is 2. The Morgan fingerprint density at radius 2 is 1.88 bits per heavy atom. The van der Waals surface area contributed by atoms with Crippen molar-refractivity contribution in [2.75, 3.05) is 7.11 Å². The zero-order chi connectivity index (χ0) is 17.4. The molecule has 0 saturated carbocycles. The van der Waals surface area contributed by atoms with Gasteiger partial charge >= 0.3 is 5.69 Å². The lowest BCUT2D eigenvalue weighted by molar-refractivity contribution is 0.415. The van der Waals surface area contributed by atoms with Crippen molar-refractivity contribution in [3.05, 3.63) is 50.7 Å². The predicted octanol–water partition coefficient (Wildman–Crippen LogP) is 3.39. The Morgan fingerprint density at radius 3 is 2.46 bits per heavy atom. The first-order valence-corrected chi connectivity index (χ1v) is 8.64. The van der Waals surface area contributed by atoms with Gasteiger partial charge in [-0.05, 0) is 48.2 Å². The van der Waals surface area contributed by atoms with Crippen molar-refractivity contribution in [1.82, 2.24) is 9.55 Å². The minimum atomic E-state index is -0.344. The number of rotatable bonds is 4. The first-order chi connectivity index (χ1) is 11.4. The number of benzene rings is 1. The largest absolute Gasteiger partial charge is 0.497 e. The van der Waals surface area contributed by atoms with Crippen LogP contribution in [0.1, 0.15) is 19.4 Å². The van der Waals surface area contributed by atoms with Crippen molar-refractivity contribution in [3.63, 3.8) is 0 Å². The summed E-state index contributed by atoms with van der Waals surface area (Å²) in [6.07, 6.45) is 0. The summed E-state index contributed by atoms with van der Waals surface area (Å²) in [6.45, 7) is 6.31. The third-order valence-corrected chi connectivity index (χ3v) is 5.23. The summed E-state index contributed by atoms with van der Waals surface area (Å²) in [7, 11) is 1.63. The van der Waals surface area contributed by atoms with Crippen LogP contribution in [0.15, 0.2) is 33.9 Å². The molecule has 0 aliphatic heterocycles. The topological polar surface area (TPSA) is 64.1 Å². The maximum absolute atomic E-state index is 12.8. The fraction of sp³-hybridized carbons (Fsp3) is 0.333. The molecule has 1 N–H and O–H groups in total. The zero-order valence-corrected chi connectivity index (χ0v) is 15.0. The Balaban J connectivity index is 2.22. The van der Waals surface area contributed by atoms with Gasteiger partial charge in [0.05, 0.1) is 12.5 Å². The number of thiophene rings is 1. The molecule has 2 aromatic heterocycles. The van der Waals surface area contributed by atoms with E-state index in [0.717, 1.165) is 21.8 Å². The second kappa shape index (κ2) is 6.28. The molecule has 6 heteroatoms. The molecule has 0 fully saturated rings. The van der Waals surface area contributed by atoms with Crippen LogP contribution in [0.25, 0.3) is 20.7 Å². The van der Waals surface area contributed by atoms with E-state index in [1.807, 2.05) is 45.0 Å². The number of hydrogen-bond donors (Lipinski definition) is 1. The van der Waals surface area contributed by atoms with Gasteiger partial charge in [0, 0.05) is 11.4 Å². The molecule has 0 aliphatic carbocycles. The quantitative estimate of drug-likeness (QED) is 0.789. The molecule has 0 aliphatic rings. The van der Waals surface area contributed by atoms with Gasteiger partial charge in [-0.1, -0.05) is 13.8 Å². The van der Waals surface area contributed by atoms with E-state index in [1.54, 1.807) is 7.11 Å². The highest BCUT2D eigenvalue weighted by Crippen LogP contribution is 2.35. The number of aromatic amines is 1. The van der Waals surface area contributed by atoms with Crippen molar-refractivity contribution < 1.29 is 4.74 Å². The highest BCUT2D eigenvalue weighted by atomic mass is 32.1. The molecule has 0 spiro atoms. The lowest BCUT2D eigenvalue weighted by atomic mass is 10.1. The summed E-state index contributed by atoms with van der Waals surface area (Å²) in [4.78, 5) is 29.5. The third kappa shape index (κ3) is 2.78. The van der Waals surface area contributed by atoms with E-state index >= 15 is 0 Å². The lowest BCUT2D eigenvalue weighted by Gasteiger charge is -2.07. The van der Waals surface area contributed by atoms with Gasteiger partial charge in [0.1, 0.15) is 10.6 Å². The summed E-state index contributed by atoms with van der Waals surface area (Å²) in [5, 5.41) is 0.603. The van der Waals surface area contributed by atoms with E-state index in [2.05, 4.69) is 4.98 Å². The van der Waals surface area contributed by atoms with Crippen LogP contribution in [0.5, 0.6) is 5.75 Å². The van der Waals surface area contributed by atoms with E-state index in [1.165, 1.54) is 15.9 Å². The SMILES string of the molecule is COc1ccc(-c2sc3[nH]c(=O)n(CC(C)C)c(=O)c3c2C)cc1. The average molecular weight is 344 g/mol. The molecular weight excluding hydrogens is 324 g/mol. The van der Waals surface area contributed by atoms with Crippen LogP contribution >= 0.6 is 11.3 Å². The normalized spacial score (nSPS) is 11.4. The summed E-state index contributed by atoms with van der Waals surface area (Å²) in [5.74, 6) is 1.01. The van der Waals surface area contributed by atoms with Crippen LogP contribution in [0.3, 0.4) is 0 Å². The van der Waals surface area contributed by atoms with E-state index in [9.17, 15) is 9.59 Å². The van der Waals surface area contributed by atoms with Crippen LogP contribution in [0.2, 0.25) is 0 Å². The van der Waals surface area contributed by atoms with Gasteiger partial charge < -0.3 is 4.74 Å². The Morgan fingerprint density at radius 1 is 1.21 bits per heavy atom. The molecule has 0 amide bonds. The predicted molar refractivity (Wildman–Crippen MR) is 98.3 cm³/mol. The number of hydrogen-bond acceptors (Lipinski definition) is 4. The first-order valence-electron chi connectivity index (χ1n) is 7.83. The smallest absolute Gasteiger partial charge is 0.329 e. The molecule has 0 bridgehead atoms.